The van der Waals surface area contributed by atoms with Crippen LogP contribution in [0.4, 0.5) is 4.39 Å². The van der Waals surface area contributed by atoms with Crippen LogP contribution in [0.15, 0.2) is 42.5 Å². The second-order valence-electron chi connectivity index (χ2n) is 8.29. The number of carbonyl (C=O) groups excluding carboxylic acids is 1. The number of nitrogens with one attached hydrogen (secondary N) is 2. The second kappa shape index (κ2) is 7.51. The van der Waals surface area contributed by atoms with Crippen molar-refractivity contribution >= 4 is 27.5 Å². The molecule has 3 aliphatic carbocycles. The van der Waals surface area contributed by atoms with Crippen molar-refractivity contribution in [1.29, 1.82) is 0 Å². The molecule has 0 heterocycles. The SMILES string of the molecule is Cc1ccccc1CS(=O)(=O)NC12CC(NC(=O)COc3ccc(Cl)c(F)c3)(C1)C2. The predicted octanol–water partition coefficient (Wildman–Crippen LogP) is 3.08. The van der Waals surface area contributed by atoms with Crippen molar-refractivity contribution in [2.24, 2.45) is 0 Å². The van der Waals surface area contributed by atoms with Gasteiger partial charge in [-0.25, -0.2) is 17.5 Å². The van der Waals surface area contributed by atoms with E-state index in [2.05, 4.69) is 10.0 Å². The standard InChI is InChI=1S/C21H22ClFN2O4S/c1-14-4-2-3-5-15(14)10-30(27,28)25-21-11-20(12-21,13-21)24-19(26)9-29-16-6-7-17(22)18(23)8-16/h2-8,25H,9-13H2,1H3,(H,24,26). The zero-order valence-corrected chi connectivity index (χ0v) is 17.9. The molecule has 3 fully saturated rings. The Morgan fingerprint density at radius 1 is 1.17 bits per heavy atom. The first-order chi connectivity index (χ1) is 14.1. The fraction of sp³-hybridized carbons (Fsp3) is 0.381. The number of amides is 1. The number of benzene rings is 2. The zero-order chi connectivity index (χ0) is 21.6. The fourth-order valence-corrected chi connectivity index (χ4v) is 6.22. The molecule has 9 heteroatoms. The highest BCUT2D eigenvalue weighted by Gasteiger charge is 2.69. The Hall–Kier alpha value is -2.16. The smallest absolute Gasteiger partial charge is 0.258 e. The van der Waals surface area contributed by atoms with E-state index in [9.17, 15) is 17.6 Å². The molecule has 2 aromatic carbocycles. The highest BCUT2D eigenvalue weighted by Crippen LogP contribution is 2.60. The molecule has 0 unspecified atom stereocenters. The van der Waals surface area contributed by atoms with Crippen LogP contribution in [0.2, 0.25) is 5.02 Å². The maximum absolute atomic E-state index is 13.4. The van der Waals surface area contributed by atoms with Crippen molar-refractivity contribution < 1.29 is 22.3 Å². The summed E-state index contributed by atoms with van der Waals surface area (Å²) >= 11 is 5.62. The van der Waals surface area contributed by atoms with E-state index in [0.29, 0.717) is 19.3 Å². The van der Waals surface area contributed by atoms with Gasteiger partial charge in [0.25, 0.3) is 5.91 Å². The molecule has 0 aliphatic heterocycles. The van der Waals surface area contributed by atoms with Gasteiger partial charge in [0.05, 0.1) is 10.8 Å². The van der Waals surface area contributed by atoms with E-state index < -0.39 is 26.9 Å². The third kappa shape index (κ3) is 4.31. The molecule has 1 amide bonds. The van der Waals surface area contributed by atoms with Gasteiger partial charge in [0.15, 0.2) is 6.61 Å². The molecule has 5 rings (SSSR count). The monoisotopic (exact) mass is 452 g/mol. The summed E-state index contributed by atoms with van der Waals surface area (Å²) in [6.07, 6.45) is 1.65. The van der Waals surface area contributed by atoms with Gasteiger partial charge in [0, 0.05) is 17.1 Å². The Bertz CT molecular complexity index is 1090. The lowest BCUT2D eigenvalue weighted by Gasteiger charge is -2.70. The summed E-state index contributed by atoms with van der Waals surface area (Å²) in [4.78, 5) is 12.2. The van der Waals surface area contributed by atoms with E-state index in [0.717, 1.165) is 17.2 Å². The molecule has 0 spiro atoms. The van der Waals surface area contributed by atoms with Gasteiger partial charge < -0.3 is 10.1 Å². The van der Waals surface area contributed by atoms with Crippen molar-refractivity contribution in [3.63, 3.8) is 0 Å². The molecule has 6 nitrogen and oxygen atoms in total. The van der Waals surface area contributed by atoms with Crippen LogP contribution in [0.3, 0.4) is 0 Å². The van der Waals surface area contributed by atoms with Crippen molar-refractivity contribution in [2.45, 2.75) is 43.0 Å². The van der Waals surface area contributed by atoms with Crippen molar-refractivity contribution in [2.75, 3.05) is 6.61 Å². The number of hydrogen-bond acceptors (Lipinski definition) is 4. The number of ether oxygens (including phenoxy) is 1. The molecule has 160 valence electrons. The van der Waals surface area contributed by atoms with E-state index in [1.165, 1.54) is 12.1 Å². The molecule has 2 aromatic rings. The summed E-state index contributed by atoms with van der Waals surface area (Å²) in [5.74, 6) is -0.799. The van der Waals surface area contributed by atoms with Crippen molar-refractivity contribution in [1.82, 2.24) is 10.0 Å². The Morgan fingerprint density at radius 2 is 1.87 bits per heavy atom. The van der Waals surface area contributed by atoms with Crippen LogP contribution in [0.1, 0.15) is 30.4 Å². The van der Waals surface area contributed by atoms with Crippen LogP contribution >= 0.6 is 11.6 Å². The molecule has 30 heavy (non-hydrogen) atoms. The number of rotatable bonds is 8. The van der Waals surface area contributed by atoms with E-state index in [1.54, 1.807) is 0 Å². The molecular weight excluding hydrogens is 431 g/mol. The van der Waals surface area contributed by atoms with E-state index in [1.807, 2.05) is 31.2 Å². The van der Waals surface area contributed by atoms with E-state index in [-0.39, 0.29) is 29.0 Å². The van der Waals surface area contributed by atoms with Crippen LogP contribution in [-0.2, 0) is 20.6 Å². The average Bonchev–Trinajstić information content (AvgIpc) is 2.61. The van der Waals surface area contributed by atoms with E-state index in [4.69, 9.17) is 16.3 Å². The first kappa shape index (κ1) is 21.1. The Balaban J connectivity index is 1.25. The van der Waals surface area contributed by atoms with Gasteiger partial charge in [-0.15, -0.1) is 0 Å². The van der Waals surface area contributed by atoms with Crippen molar-refractivity contribution in [3.05, 3.63) is 64.4 Å². The highest BCUT2D eigenvalue weighted by atomic mass is 35.5. The topological polar surface area (TPSA) is 84.5 Å². The van der Waals surface area contributed by atoms with Gasteiger partial charge in [0.2, 0.25) is 10.0 Å². The number of hydrogen-bond donors (Lipinski definition) is 2. The Labute approximate surface area is 179 Å². The van der Waals surface area contributed by atoms with Crippen LogP contribution in [0.25, 0.3) is 0 Å². The highest BCUT2D eigenvalue weighted by molar-refractivity contribution is 7.88. The maximum atomic E-state index is 13.4. The molecular formula is C21H22ClFN2O4S. The molecule has 0 aromatic heterocycles. The van der Waals surface area contributed by atoms with Gasteiger partial charge in [-0.05, 0) is 49.4 Å². The maximum Gasteiger partial charge on any atom is 0.258 e. The Kier molecular flexibility index (Phi) is 5.28. The van der Waals surface area contributed by atoms with Gasteiger partial charge in [0.1, 0.15) is 11.6 Å². The lowest BCUT2D eigenvalue weighted by Crippen LogP contribution is -2.83. The molecule has 0 saturated heterocycles. The van der Waals surface area contributed by atoms with Crippen LogP contribution < -0.4 is 14.8 Å². The minimum Gasteiger partial charge on any atom is -0.484 e. The zero-order valence-electron chi connectivity index (χ0n) is 16.4. The summed E-state index contributed by atoms with van der Waals surface area (Å²) in [5.41, 5.74) is 0.839. The summed E-state index contributed by atoms with van der Waals surface area (Å²) in [7, 11) is -3.48. The first-order valence-corrected chi connectivity index (χ1v) is 11.6. The first-order valence-electron chi connectivity index (χ1n) is 9.54. The molecule has 2 bridgehead atoms. The van der Waals surface area contributed by atoms with Gasteiger partial charge >= 0.3 is 0 Å². The third-order valence-electron chi connectivity index (χ3n) is 5.67. The quantitative estimate of drug-likeness (QED) is 0.644. The summed E-state index contributed by atoms with van der Waals surface area (Å²) in [5, 5.41) is 2.89. The van der Waals surface area contributed by atoms with Gasteiger partial charge in [-0.2, -0.15) is 0 Å². The van der Waals surface area contributed by atoms with Gasteiger partial charge in [-0.1, -0.05) is 35.9 Å². The number of sulfonamides is 1. The number of carbonyl (C=O) groups is 1. The molecule has 3 saturated carbocycles. The number of halogens is 2. The van der Waals surface area contributed by atoms with Crippen LogP contribution in [0, 0.1) is 12.7 Å². The van der Waals surface area contributed by atoms with Crippen LogP contribution in [0.5, 0.6) is 5.75 Å². The summed E-state index contributed by atoms with van der Waals surface area (Å²) in [6.45, 7) is 1.63. The summed E-state index contributed by atoms with van der Waals surface area (Å²) < 4.78 is 46.7. The van der Waals surface area contributed by atoms with Gasteiger partial charge in [-0.3, -0.25) is 4.79 Å². The normalized spacial score (nSPS) is 24.5. The minimum atomic E-state index is -3.48. The molecule has 2 N–H and O–H groups in total. The summed E-state index contributed by atoms with van der Waals surface area (Å²) in [6, 6.07) is 11.4. The third-order valence-corrected chi connectivity index (χ3v) is 7.42. The van der Waals surface area contributed by atoms with Crippen molar-refractivity contribution in [3.8, 4) is 5.75 Å². The largest absolute Gasteiger partial charge is 0.484 e. The minimum absolute atomic E-state index is 0.0177. The van der Waals surface area contributed by atoms with Crippen LogP contribution in [-0.4, -0.2) is 32.0 Å². The fourth-order valence-electron chi connectivity index (χ4n) is 4.42. The molecule has 0 radical (unpaired) electrons. The lowest BCUT2D eigenvalue weighted by molar-refractivity contribution is -0.139. The van der Waals surface area contributed by atoms with E-state index >= 15 is 0 Å². The lowest BCUT2D eigenvalue weighted by atomic mass is 9.44. The Morgan fingerprint density at radius 3 is 2.53 bits per heavy atom. The molecule has 0 atom stereocenters. The predicted molar refractivity (Wildman–Crippen MR) is 111 cm³/mol. The molecule has 3 aliphatic rings. The second-order valence-corrected chi connectivity index (χ2v) is 10.4. The number of aryl methyl sites for hydroxylation is 1. The average molecular weight is 453 g/mol.